The van der Waals surface area contributed by atoms with E-state index in [0.29, 0.717) is 37.1 Å². The summed E-state index contributed by atoms with van der Waals surface area (Å²) < 4.78 is 5.35. The molecule has 4 amide bonds. The van der Waals surface area contributed by atoms with Crippen LogP contribution < -0.4 is 21.3 Å². The number of ether oxygens (including phenoxy) is 1. The van der Waals surface area contributed by atoms with Gasteiger partial charge in [-0.25, -0.2) is 4.79 Å². The van der Waals surface area contributed by atoms with Crippen molar-refractivity contribution in [1.29, 1.82) is 0 Å². The SMILES string of the molecule is Cc1cc(C(=O)NC(C)C)ccc1-c1ccc(CC(NC(=O)C2CCC(CNC(=O)OC(C)(C)C)CC2)C(=O)Nc2ccc3cn[nH]c3c2)cc1. The highest BCUT2D eigenvalue weighted by atomic mass is 16.6. The fraction of sp³-hybridized carbons (Fsp3) is 0.425. The Morgan fingerprint density at radius 2 is 1.65 bits per heavy atom. The summed E-state index contributed by atoms with van der Waals surface area (Å²) in [5.74, 6) is -0.530. The molecule has 270 valence electrons. The molecule has 0 aliphatic heterocycles. The molecule has 51 heavy (non-hydrogen) atoms. The second-order valence-corrected chi connectivity index (χ2v) is 14.9. The van der Waals surface area contributed by atoms with Crippen molar-refractivity contribution in [1.82, 2.24) is 26.1 Å². The van der Waals surface area contributed by atoms with Crippen molar-refractivity contribution < 1.29 is 23.9 Å². The maximum atomic E-state index is 13.8. The molecule has 0 spiro atoms. The van der Waals surface area contributed by atoms with Crippen molar-refractivity contribution >= 4 is 40.4 Å². The molecule has 11 nitrogen and oxygen atoms in total. The number of nitrogens with one attached hydrogen (secondary N) is 5. The number of benzene rings is 3. The number of rotatable bonds is 11. The first-order valence-corrected chi connectivity index (χ1v) is 17.8. The monoisotopic (exact) mass is 694 g/mol. The molecule has 0 radical (unpaired) electrons. The van der Waals surface area contributed by atoms with Crippen LogP contribution >= 0.6 is 0 Å². The van der Waals surface area contributed by atoms with Crippen LogP contribution in [-0.4, -0.2) is 58.2 Å². The molecular formula is C40H50N6O5. The van der Waals surface area contributed by atoms with Crippen LogP contribution in [0.4, 0.5) is 10.5 Å². The van der Waals surface area contributed by atoms with Crippen LogP contribution in [0.25, 0.3) is 22.0 Å². The van der Waals surface area contributed by atoms with E-state index in [1.54, 1.807) is 6.20 Å². The third-order valence-electron chi connectivity index (χ3n) is 9.11. The number of hydrogen-bond acceptors (Lipinski definition) is 6. The third-order valence-corrected chi connectivity index (χ3v) is 9.11. The minimum atomic E-state index is -0.812. The van der Waals surface area contributed by atoms with Crippen molar-refractivity contribution in [2.45, 2.75) is 91.3 Å². The lowest BCUT2D eigenvalue weighted by Crippen LogP contribution is -2.48. The number of hydrogen-bond donors (Lipinski definition) is 5. The van der Waals surface area contributed by atoms with E-state index in [4.69, 9.17) is 4.74 Å². The van der Waals surface area contributed by atoms with Crippen molar-refractivity contribution in [3.8, 4) is 11.1 Å². The Hall–Kier alpha value is -5.19. The Bertz CT molecular complexity index is 1850. The minimum absolute atomic E-state index is 0.0514. The zero-order chi connectivity index (χ0) is 36.7. The predicted octanol–water partition coefficient (Wildman–Crippen LogP) is 6.67. The van der Waals surface area contributed by atoms with E-state index in [2.05, 4.69) is 31.5 Å². The summed E-state index contributed by atoms with van der Waals surface area (Å²) in [4.78, 5) is 52.0. The lowest BCUT2D eigenvalue weighted by atomic mass is 9.81. The molecule has 1 aliphatic rings. The predicted molar refractivity (Wildman–Crippen MR) is 199 cm³/mol. The van der Waals surface area contributed by atoms with Crippen LogP contribution in [0.1, 0.15) is 81.8 Å². The van der Waals surface area contributed by atoms with Gasteiger partial charge in [0.05, 0.1) is 11.7 Å². The molecule has 1 heterocycles. The Balaban J connectivity index is 1.25. The second kappa shape index (κ2) is 16.2. The molecule has 5 rings (SSSR count). The van der Waals surface area contributed by atoms with Gasteiger partial charge in [0.25, 0.3) is 5.91 Å². The van der Waals surface area contributed by atoms with Crippen molar-refractivity contribution in [2.24, 2.45) is 11.8 Å². The molecule has 0 bridgehead atoms. The highest BCUT2D eigenvalue weighted by Crippen LogP contribution is 2.29. The highest BCUT2D eigenvalue weighted by Gasteiger charge is 2.30. The summed E-state index contributed by atoms with van der Waals surface area (Å²) in [6.45, 7) is 11.8. The molecular weight excluding hydrogens is 644 g/mol. The average molecular weight is 695 g/mol. The summed E-state index contributed by atoms with van der Waals surface area (Å²) >= 11 is 0. The maximum Gasteiger partial charge on any atom is 0.407 e. The lowest BCUT2D eigenvalue weighted by molar-refractivity contribution is -0.130. The van der Waals surface area contributed by atoms with Crippen LogP contribution in [0.5, 0.6) is 0 Å². The third kappa shape index (κ3) is 10.4. The van der Waals surface area contributed by atoms with E-state index in [1.165, 1.54) is 0 Å². The molecule has 1 unspecified atom stereocenters. The Labute approximate surface area is 299 Å². The number of nitrogens with zero attached hydrogens (tertiary/aromatic N) is 1. The molecule has 1 atom stereocenters. The van der Waals surface area contributed by atoms with Gasteiger partial charge in [0.2, 0.25) is 11.8 Å². The number of alkyl carbamates (subject to hydrolysis) is 1. The maximum absolute atomic E-state index is 13.8. The number of fused-ring (bicyclic) bond motifs is 1. The minimum Gasteiger partial charge on any atom is -0.444 e. The van der Waals surface area contributed by atoms with Gasteiger partial charge < -0.3 is 26.0 Å². The van der Waals surface area contributed by atoms with Crippen LogP contribution in [0.2, 0.25) is 0 Å². The first-order valence-electron chi connectivity index (χ1n) is 17.8. The lowest BCUT2D eigenvalue weighted by Gasteiger charge is -2.29. The molecule has 4 aromatic rings. The summed E-state index contributed by atoms with van der Waals surface area (Å²) in [7, 11) is 0. The van der Waals surface area contributed by atoms with Crippen LogP contribution in [-0.2, 0) is 20.7 Å². The Kier molecular flexibility index (Phi) is 11.8. The van der Waals surface area contributed by atoms with E-state index in [-0.39, 0.29) is 35.6 Å². The van der Waals surface area contributed by atoms with Gasteiger partial charge >= 0.3 is 6.09 Å². The van der Waals surface area contributed by atoms with Gasteiger partial charge in [-0.2, -0.15) is 5.10 Å². The fourth-order valence-corrected chi connectivity index (χ4v) is 6.44. The number of H-pyrrole nitrogens is 1. The number of carbonyl (C=O) groups excluding carboxylic acids is 4. The average Bonchev–Trinajstić information content (AvgIpc) is 3.55. The zero-order valence-corrected chi connectivity index (χ0v) is 30.4. The van der Waals surface area contributed by atoms with Crippen molar-refractivity contribution in [3.63, 3.8) is 0 Å². The smallest absolute Gasteiger partial charge is 0.407 e. The summed E-state index contributed by atoms with van der Waals surface area (Å²) in [6, 6.07) is 18.4. The molecule has 1 aromatic heterocycles. The topological polar surface area (TPSA) is 154 Å². The number of anilines is 1. The molecule has 1 saturated carbocycles. The van der Waals surface area contributed by atoms with E-state index >= 15 is 0 Å². The first kappa shape index (κ1) is 37.1. The largest absolute Gasteiger partial charge is 0.444 e. The van der Waals surface area contributed by atoms with Gasteiger partial charge in [0.15, 0.2) is 0 Å². The zero-order valence-electron chi connectivity index (χ0n) is 30.4. The van der Waals surface area contributed by atoms with Gasteiger partial charge in [0.1, 0.15) is 11.6 Å². The highest BCUT2D eigenvalue weighted by molar-refractivity contribution is 5.99. The number of aryl methyl sites for hydroxylation is 1. The van der Waals surface area contributed by atoms with Crippen LogP contribution in [0, 0.1) is 18.8 Å². The molecule has 1 aliphatic carbocycles. The normalized spacial score (nSPS) is 16.7. The second-order valence-electron chi connectivity index (χ2n) is 14.9. The summed E-state index contributed by atoms with van der Waals surface area (Å²) in [5, 5.41) is 19.7. The molecule has 11 heteroatoms. The summed E-state index contributed by atoms with van der Waals surface area (Å²) in [5.41, 5.74) is 5.33. The van der Waals surface area contributed by atoms with E-state index in [1.807, 2.05) is 102 Å². The van der Waals surface area contributed by atoms with E-state index < -0.39 is 17.7 Å². The van der Waals surface area contributed by atoms with Crippen molar-refractivity contribution in [2.75, 3.05) is 11.9 Å². The number of amides is 4. The molecule has 3 aromatic carbocycles. The quantitative estimate of drug-likeness (QED) is 0.118. The van der Waals surface area contributed by atoms with Crippen LogP contribution in [0.15, 0.2) is 66.9 Å². The Morgan fingerprint density at radius 3 is 2.31 bits per heavy atom. The van der Waals surface area contributed by atoms with Gasteiger partial charge in [-0.05, 0) is 126 Å². The summed E-state index contributed by atoms with van der Waals surface area (Å²) in [6.07, 6.45) is 4.50. The number of aromatic amines is 1. The number of carbonyl (C=O) groups is 4. The Morgan fingerprint density at radius 1 is 0.922 bits per heavy atom. The number of aromatic nitrogens is 2. The molecule has 1 fully saturated rings. The van der Waals surface area contributed by atoms with E-state index in [0.717, 1.165) is 46.0 Å². The van der Waals surface area contributed by atoms with Gasteiger partial charge in [0, 0.05) is 41.6 Å². The molecule has 5 N–H and O–H groups in total. The van der Waals surface area contributed by atoms with Gasteiger partial charge in [-0.15, -0.1) is 0 Å². The fourth-order valence-electron chi connectivity index (χ4n) is 6.44. The van der Waals surface area contributed by atoms with Gasteiger partial charge in [-0.3, -0.25) is 19.5 Å². The van der Waals surface area contributed by atoms with Crippen LogP contribution in [0.3, 0.4) is 0 Å². The van der Waals surface area contributed by atoms with Crippen molar-refractivity contribution in [3.05, 3.63) is 83.6 Å². The van der Waals surface area contributed by atoms with Gasteiger partial charge in [-0.1, -0.05) is 30.3 Å². The standard InChI is InChI=1S/C40H50N6O5/c1-24(2)43-37(48)30-16-18-33(25(3)19-30)28-11-7-26(8-12-28)20-35(38(49)44-32-17-15-31-23-42-46-34(31)21-32)45-36(47)29-13-9-27(10-14-29)22-41-39(50)51-40(4,5)6/h7-8,11-12,15-19,21,23-24,27,29,35H,9-10,13-14,20,22H2,1-6H3,(H,41,50)(H,42,46)(H,43,48)(H,44,49)(H,45,47). The molecule has 0 saturated heterocycles. The van der Waals surface area contributed by atoms with E-state index in [9.17, 15) is 19.2 Å². The first-order chi connectivity index (χ1) is 24.2.